The van der Waals surface area contributed by atoms with E-state index in [9.17, 15) is 9.59 Å². The Balaban J connectivity index is 1.71. The van der Waals surface area contributed by atoms with Gasteiger partial charge < -0.3 is 19.7 Å². The van der Waals surface area contributed by atoms with Crippen molar-refractivity contribution >= 4 is 23.6 Å². The summed E-state index contributed by atoms with van der Waals surface area (Å²) in [5, 5.41) is 3.05. The fourth-order valence-electron chi connectivity index (χ4n) is 2.30. The first-order valence-electron chi connectivity index (χ1n) is 8.57. The highest BCUT2D eigenvalue weighted by Gasteiger charge is 2.20. The number of para-hydroxylation sites is 1. The molecule has 0 saturated carbocycles. The number of ether oxygens (including phenoxy) is 2. The van der Waals surface area contributed by atoms with E-state index in [2.05, 4.69) is 5.32 Å². The first kappa shape index (κ1) is 20.6. The maximum absolute atomic E-state index is 12.3. The van der Waals surface area contributed by atoms with E-state index < -0.39 is 12.1 Å². The summed E-state index contributed by atoms with van der Waals surface area (Å²) in [7, 11) is 1.64. The third-order valence-corrected chi connectivity index (χ3v) is 4.13. The molecule has 7 heteroatoms. The van der Waals surface area contributed by atoms with Crippen LogP contribution in [0.4, 0.5) is 4.79 Å². The smallest absolute Gasteiger partial charge is 0.408 e. The Morgan fingerprint density at radius 2 is 1.78 bits per heavy atom. The number of alkyl carbamates (subject to hydrolysis) is 1. The summed E-state index contributed by atoms with van der Waals surface area (Å²) in [5.41, 5.74) is 0.875. The van der Waals surface area contributed by atoms with Crippen LogP contribution in [0.5, 0.6) is 5.75 Å². The number of likely N-dealkylation sites (N-methyl/N-ethyl adjacent to an activating group) is 1. The number of hydrogen-bond acceptors (Lipinski definition) is 4. The van der Waals surface area contributed by atoms with Crippen LogP contribution in [0.1, 0.15) is 12.5 Å². The van der Waals surface area contributed by atoms with E-state index >= 15 is 0 Å². The van der Waals surface area contributed by atoms with Gasteiger partial charge in [0.25, 0.3) is 0 Å². The quantitative estimate of drug-likeness (QED) is 0.749. The molecule has 2 rings (SSSR count). The fourth-order valence-corrected chi connectivity index (χ4v) is 2.49. The number of hydrogen-bond donors (Lipinski definition) is 1. The molecule has 2 aromatic rings. The van der Waals surface area contributed by atoms with Crippen LogP contribution >= 0.6 is 11.6 Å². The van der Waals surface area contributed by atoms with Gasteiger partial charge in [-0.15, -0.1) is 0 Å². The molecule has 0 saturated heterocycles. The molecule has 0 aliphatic heterocycles. The normalized spacial score (nSPS) is 11.4. The molecule has 2 amide bonds. The molecular formula is C20H23ClN2O4. The minimum Gasteiger partial charge on any atom is -0.490 e. The summed E-state index contributed by atoms with van der Waals surface area (Å²) in [5.74, 6) is 0.324. The summed E-state index contributed by atoms with van der Waals surface area (Å²) in [6.07, 6.45) is -0.638. The number of rotatable bonds is 8. The molecule has 144 valence electrons. The van der Waals surface area contributed by atoms with Gasteiger partial charge in [0.05, 0.1) is 11.6 Å². The number of nitrogens with one attached hydrogen (secondary N) is 1. The third kappa shape index (κ3) is 6.83. The van der Waals surface area contributed by atoms with E-state index in [-0.39, 0.29) is 19.1 Å². The summed E-state index contributed by atoms with van der Waals surface area (Å²) in [6, 6.07) is 15.7. The van der Waals surface area contributed by atoms with Crippen molar-refractivity contribution in [3.8, 4) is 5.75 Å². The number of carbonyl (C=O) groups is 2. The molecule has 1 N–H and O–H groups in total. The maximum Gasteiger partial charge on any atom is 0.408 e. The minimum absolute atomic E-state index is 0.148. The largest absolute Gasteiger partial charge is 0.490 e. The molecule has 6 nitrogen and oxygen atoms in total. The molecule has 0 aliphatic rings. The van der Waals surface area contributed by atoms with Crippen LogP contribution in [0.25, 0.3) is 0 Å². The molecule has 0 bridgehead atoms. The Kier molecular flexibility index (Phi) is 7.95. The number of nitrogens with zero attached hydrogens (tertiary/aromatic N) is 1. The van der Waals surface area contributed by atoms with Crippen LogP contribution in [-0.2, 0) is 16.1 Å². The SMILES string of the molecule is C[C@H](NC(=O)OCc1ccccc1)C(=O)N(C)CCOc1ccccc1Cl. The van der Waals surface area contributed by atoms with E-state index in [1.165, 1.54) is 4.90 Å². The van der Waals surface area contributed by atoms with E-state index in [1.807, 2.05) is 42.5 Å². The number of benzene rings is 2. The lowest BCUT2D eigenvalue weighted by atomic mass is 10.2. The topological polar surface area (TPSA) is 67.9 Å². The lowest BCUT2D eigenvalue weighted by Gasteiger charge is -2.22. The molecule has 0 aliphatic carbocycles. The van der Waals surface area contributed by atoms with Gasteiger partial charge in [-0.2, -0.15) is 0 Å². The Labute approximate surface area is 164 Å². The van der Waals surface area contributed by atoms with Gasteiger partial charge in [-0.1, -0.05) is 54.1 Å². The maximum atomic E-state index is 12.3. The highest BCUT2D eigenvalue weighted by Crippen LogP contribution is 2.22. The Morgan fingerprint density at radius 3 is 2.48 bits per heavy atom. The van der Waals surface area contributed by atoms with Gasteiger partial charge >= 0.3 is 6.09 Å². The summed E-state index contributed by atoms with van der Waals surface area (Å²) >= 11 is 6.02. The van der Waals surface area contributed by atoms with Gasteiger partial charge in [-0.05, 0) is 24.6 Å². The summed E-state index contributed by atoms with van der Waals surface area (Å²) < 4.78 is 10.7. The van der Waals surface area contributed by atoms with Crippen molar-refractivity contribution < 1.29 is 19.1 Å². The highest BCUT2D eigenvalue weighted by molar-refractivity contribution is 6.32. The average molecular weight is 391 g/mol. The second kappa shape index (κ2) is 10.4. The average Bonchev–Trinajstić information content (AvgIpc) is 2.68. The van der Waals surface area contributed by atoms with Crippen molar-refractivity contribution in [2.75, 3.05) is 20.2 Å². The van der Waals surface area contributed by atoms with Crippen molar-refractivity contribution in [3.63, 3.8) is 0 Å². The summed E-state index contributed by atoms with van der Waals surface area (Å²) in [6.45, 7) is 2.40. The Bertz CT molecular complexity index is 755. The van der Waals surface area contributed by atoms with Crippen molar-refractivity contribution in [2.24, 2.45) is 0 Å². The van der Waals surface area contributed by atoms with Gasteiger partial charge in [0.1, 0.15) is 25.0 Å². The zero-order valence-corrected chi connectivity index (χ0v) is 16.1. The first-order valence-corrected chi connectivity index (χ1v) is 8.94. The van der Waals surface area contributed by atoms with Crippen molar-refractivity contribution in [1.82, 2.24) is 10.2 Å². The molecule has 0 aromatic heterocycles. The van der Waals surface area contributed by atoms with Gasteiger partial charge in [-0.25, -0.2) is 4.79 Å². The highest BCUT2D eigenvalue weighted by atomic mass is 35.5. The fraction of sp³-hybridized carbons (Fsp3) is 0.300. The molecule has 27 heavy (non-hydrogen) atoms. The lowest BCUT2D eigenvalue weighted by Crippen LogP contribution is -2.46. The monoisotopic (exact) mass is 390 g/mol. The second-order valence-corrected chi connectivity index (χ2v) is 6.37. The van der Waals surface area contributed by atoms with Crippen LogP contribution in [0, 0.1) is 0 Å². The minimum atomic E-state index is -0.710. The zero-order chi connectivity index (χ0) is 19.6. The molecule has 1 atom stereocenters. The van der Waals surface area contributed by atoms with E-state index in [1.54, 1.807) is 26.1 Å². The van der Waals surface area contributed by atoms with Crippen molar-refractivity contribution in [2.45, 2.75) is 19.6 Å². The van der Waals surface area contributed by atoms with Gasteiger partial charge in [0, 0.05) is 7.05 Å². The van der Waals surface area contributed by atoms with E-state index in [4.69, 9.17) is 21.1 Å². The predicted octanol–water partition coefficient (Wildman–Crippen LogP) is 3.49. The van der Waals surface area contributed by atoms with Crippen LogP contribution in [0.15, 0.2) is 54.6 Å². The van der Waals surface area contributed by atoms with Crippen molar-refractivity contribution in [3.05, 3.63) is 65.2 Å². The van der Waals surface area contributed by atoms with Gasteiger partial charge in [0.15, 0.2) is 0 Å². The molecule has 0 heterocycles. The van der Waals surface area contributed by atoms with E-state index in [0.717, 1.165) is 5.56 Å². The predicted molar refractivity (Wildman–Crippen MR) is 104 cm³/mol. The second-order valence-electron chi connectivity index (χ2n) is 5.97. The number of carbonyl (C=O) groups excluding carboxylic acids is 2. The molecule has 0 radical (unpaired) electrons. The van der Waals surface area contributed by atoms with Gasteiger partial charge in [-0.3, -0.25) is 4.79 Å². The van der Waals surface area contributed by atoms with Crippen molar-refractivity contribution in [1.29, 1.82) is 0 Å². The Morgan fingerprint density at radius 1 is 1.11 bits per heavy atom. The lowest BCUT2D eigenvalue weighted by molar-refractivity contribution is -0.131. The molecule has 2 aromatic carbocycles. The van der Waals surface area contributed by atoms with E-state index in [0.29, 0.717) is 17.3 Å². The van der Waals surface area contributed by atoms with Gasteiger partial charge in [0.2, 0.25) is 5.91 Å². The third-order valence-electron chi connectivity index (χ3n) is 3.81. The summed E-state index contributed by atoms with van der Waals surface area (Å²) in [4.78, 5) is 25.7. The standard InChI is InChI=1S/C20H23ClN2O4/c1-15(22-20(25)27-14-16-8-4-3-5-9-16)19(24)23(2)12-13-26-18-11-7-6-10-17(18)21/h3-11,15H,12-14H2,1-2H3,(H,22,25)/t15-/m0/s1. The van der Waals surface area contributed by atoms with Crippen LogP contribution < -0.4 is 10.1 Å². The van der Waals surface area contributed by atoms with Crippen LogP contribution in [0.3, 0.4) is 0 Å². The number of halogens is 1. The zero-order valence-electron chi connectivity index (χ0n) is 15.4. The Hall–Kier alpha value is -2.73. The molecule has 0 spiro atoms. The van der Waals surface area contributed by atoms with Crippen LogP contribution in [0.2, 0.25) is 5.02 Å². The van der Waals surface area contributed by atoms with Crippen LogP contribution in [-0.4, -0.2) is 43.1 Å². The molecular weight excluding hydrogens is 368 g/mol. The molecule has 0 fully saturated rings. The first-order chi connectivity index (χ1) is 13.0. The number of amides is 2. The molecule has 0 unspecified atom stereocenters.